The van der Waals surface area contributed by atoms with Crippen molar-refractivity contribution in [2.24, 2.45) is 0 Å². The zero-order valence-electron chi connectivity index (χ0n) is 13.3. The number of ether oxygens (including phenoxy) is 1. The van der Waals surface area contributed by atoms with Crippen LogP contribution in [-0.4, -0.2) is 17.8 Å². The van der Waals surface area contributed by atoms with Crippen molar-refractivity contribution in [2.75, 3.05) is 5.32 Å². The van der Waals surface area contributed by atoms with Crippen molar-refractivity contribution in [3.63, 3.8) is 0 Å². The van der Waals surface area contributed by atoms with Gasteiger partial charge < -0.3 is 10.1 Å². The lowest BCUT2D eigenvalue weighted by molar-refractivity contribution is -0.122. The van der Waals surface area contributed by atoms with E-state index in [9.17, 15) is 9.59 Å². The average molecular weight is 366 g/mol. The fraction of sp³-hybridized carbons (Fsp3) is 0.222. The Labute approximate surface area is 150 Å². The SMILES string of the molecule is CCC(=O)c1ccc(O[C@H](C)C(=O)Nc2cc(Cl)ccc2Cl)cc1. The van der Waals surface area contributed by atoms with Crippen molar-refractivity contribution in [3.05, 3.63) is 58.1 Å². The summed E-state index contributed by atoms with van der Waals surface area (Å²) in [5, 5.41) is 3.54. The molecule has 1 N–H and O–H groups in total. The summed E-state index contributed by atoms with van der Waals surface area (Å²) in [6.07, 6.45) is -0.299. The van der Waals surface area contributed by atoms with E-state index in [4.69, 9.17) is 27.9 Å². The molecule has 0 saturated carbocycles. The number of Topliss-reactive ketones (excluding diaryl/α,β-unsaturated/α-hetero) is 1. The van der Waals surface area contributed by atoms with Gasteiger partial charge in [0.1, 0.15) is 5.75 Å². The van der Waals surface area contributed by atoms with Gasteiger partial charge in [-0.25, -0.2) is 0 Å². The van der Waals surface area contributed by atoms with E-state index in [0.29, 0.717) is 33.5 Å². The lowest BCUT2D eigenvalue weighted by atomic mass is 10.1. The fourth-order valence-corrected chi connectivity index (χ4v) is 2.35. The molecule has 0 spiro atoms. The zero-order chi connectivity index (χ0) is 17.7. The Morgan fingerprint density at radius 2 is 1.79 bits per heavy atom. The third-order valence-electron chi connectivity index (χ3n) is 3.37. The highest BCUT2D eigenvalue weighted by Crippen LogP contribution is 2.25. The summed E-state index contributed by atoms with van der Waals surface area (Å²) in [5.74, 6) is 0.207. The number of carbonyl (C=O) groups is 2. The van der Waals surface area contributed by atoms with E-state index in [0.717, 1.165) is 0 Å². The van der Waals surface area contributed by atoms with Crippen LogP contribution in [-0.2, 0) is 4.79 Å². The van der Waals surface area contributed by atoms with Gasteiger partial charge >= 0.3 is 0 Å². The van der Waals surface area contributed by atoms with Crippen molar-refractivity contribution in [2.45, 2.75) is 26.4 Å². The number of nitrogens with one attached hydrogen (secondary N) is 1. The van der Waals surface area contributed by atoms with Crippen LogP contribution in [0.25, 0.3) is 0 Å². The van der Waals surface area contributed by atoms with Crippen LogP contribution >= 0.6 is 23.2 Å². The molecule has 0 aromatic heterocycles. The summed E-state index contributed by atoms with van der Waals surface area (Å²) in [4.78, 5) is 23.8. The number of rotatable bonds is 6. The van der Waals surface area contributed by atoms with E-state index < -0.39 is 6.10 Å². The molecule has 6 heteroatoms. The number of carbonyl (C=O) groups excluding carboxylic acids is 2. The number of amides is 1. The highest BCUT2D eigenvalue weighted by molar-refractivity contribution is 6.35. The molecule has 2 aromatic rings. The van der Waals surface area contributed by atoms with E-state index in [1.165, 1.54) is 0 Å². The molecule has 4 nitrogen and oxygen atoms in total. The standard InChI is InChI=1S/C18H17Cl2NO3/c1-3-17(22)12-4-7-14(8-5-12)24-11(2)18(23)21-16-10-13(19)6-9-15(16)20/h4-11H,3H2,1-2H3,(H,21,23)/t11-/m1/s1. The van der Waals surface area contributed by atoms with Crippen molar-refractivity contribution in [3.8, 4) is 5.75 Å². The first kappa shape index (κ1) is 18.3. The van der Waals surface area contributed by atoms with Crippen LogP contribution in [0.5, 0.6) is 5.75 Å². The van der Waals surface area contributed by atoms with Gasteiger partial charge in [0.2, 0.25) is 0 Å². The Bertz CT molecular complexity index is 744. The normalized spacial score (nSPS) is 11.7. The predicted molar refractivity (Wildman–Crippen MR) is 96.2 cm³/mol. The molecule has 126 valence electrons. The number of hydrogen-bond donors (Lipinski definition) is 1. The van der Waals surface area contributed by atoms with Gasteiger partial charge in [-0.1, -0.05) is 30.1 Å². The Kier molecular flexibility index (Phi) is 6.23. The maximum absolute atomic E-state index is 12.2. The third kappa shape index (κ3) is 4.73. The van der Waals surface area contributed by atoms with Crippen LogP contribution in [0.1, 0.15) is 30.6 Å². The molecule has 0 bridgehead atoms. The lowest BCUT2D eigenvalue weighted by Gasteiger charge is -2.15. The van der Waals surface area contributed by atoms with Crippen LogP contribution in [0, 0.1) is 0 Å². The van der Waals surface area contributed by atoms with Gasteiger partial charge in [0.05, 0.1) is 10.7 Å². The quantitative estimate of drug-likeness (QED) is 0.733. The third-order valence-corrected chi connectivity index (χ3v) is 3.93. The van der Waals surface area contributed by atoms with Crippen molar-refractivity contribution in [1.82, 2.24) is 0 Å². The van der Waals surface area contributed by atoms with Crippen molar-refractivity contribution < 1.29 is 14.3 Å². The molecule has 1 atom stereocenters. The molecule has 0 saturated heterocycles. The van der Waals surface area contributed by atoms with Crippen LogP contribution in [0.2, 0.25) is 10.0 Å². The van der Waals surface area contributed by atoms with E-state index in [1.807, 2.05) is 0 Å². The lowest BCUT2D eigenvalue weighted by Crippen LogP contribution is -2.30. The molecule has 0 aliphatic carbocycles. The van der Waals surface area contributed by atoms with Crippen molar-refractivity contribution >= 4 is 40.6 Å². The smallest absolute Gasteiger partial charge is 0.265 e. The summed E-state index contributed by atoms with van der Waals surface area (Å²) >= 11 is 11.9. The topological polar surface area (TPSA) is 55.4 Å². The maximum atomic E-state index is 12.2. The molecule has 0 aliphatic rings. The van der Waals surface area contributed by atoms with E-state index in [-0.39, 0.29) is 11.7 Å². The fourth-order valence-electron chi connectivity index (χ4n) is 2.01. The van der Waals surface area contributed by atoms with Gasteiger partial charge in [-0.15, -0.1) is 0 Å². The van der Waals surface area contributed by atoms with Gasteiger partial charge in [0, 0.05) is 17.0 Å². The monoisotopic (exact) mass is 365 g/mol. The average Bonchev–Trinajstić information content (AvgIpc) is 2.58. The Balaban J connectivity index is 2.01. The minimum absolute atomic E-state index is 0.0583. The highest BCUT2D eigenvalue weighted by Gasteiger charge is 2.16. The summed E-state index contributed by atoms with van der Waals surface area (Å²) in [6.45, 7) is 3.43. The Morgan fingerprint density at radius 3 is 2.42 bits per heavy atom. The predicted octanol–water partition coefficient (Wildman–Crippen LogP) is 4.99. The summed E-state index contributed by atoms with van der Waals surface area (Å²) in [7, 11) is 0. The van der Waals surface area contributed by atoms with Crippen molar-refractivity contribution in [1.29, 1.82) is 0 Å². The molecule has 0 unspecified atom stereocenters. The second-order valence-corrected chi connectivity index (χ2v) is 6.02. The second kappa shape index (κ2) is 8.18. The number of benzene rings is 2. The first-order valence-electron chi connectivity index (χ1n) is 7.46. The molecule has 0 aliphatic heterocycles. The Morgan fingerprint density at radius 1 is 1.12 bits per heavy atom. The minimum atomic E-state index is -0.743. The van der Waals surface area contributed by atoms with Crippen LogP contribution in [0.15, 0.2) is 42.5 Å². The molecule has 0 fully saturated rings. The number of halogens is 2. The van der Waals surface area contributed by atoms with Gasteiger partial charge in [-0.05, 0) is 49.4 Å². The van der Waals surface area contributed by atoms with Crippen LogP contribution in [0.3, 0.4) is 0 Å². The van der Waals surface area contributed by atoms with E-state index in [1.54, 1.807) is 56.3 Å². The molecular formula is C18H17Cl2NO3. The van der Waals surface area contributed by atoms with E-state index in [2.05, 4.69) is 5.32 Å². The molecule has 2 aromatic carbocycles. The zero-order valence-corrected chi connectivity index (χ0v) is 14.8. The van der Waals surface area contributed by atoms with Crippen LogP contribution in [0.4, 0.5) is 5.69 Å². The van der Waals surface area contributed by atoms with Gasteiger partial charge in [-0.2, -0.15) is 0 Å². The Hall–Kier alpha value is -2.04. The summed E-state index contributed by atoms with van der Waals surface area (Å²) in [6, 6.07) is 11.5. The summed E-state index contributed by atoms with van der Waals surface area (Å²) in [5.41, 5.74) is 1.04. The molecular weight excluding hydrogens is 349 g/mol. The highest BCUT2D eigenvalue weighted by atomic mass is 35.5. The molecule has 0 radical (unpaired) electrons. The number of ketones is 1. The van der Waals surface area contributed by atoms with Crippen LogP contribution < -0.4 is 10.1 Å². The van der Waals surface area contributed by atoms with Gasteiger partial charge in [0.15, 0.2) is 11.9 Å². The summed E-state index contributed by atoms with van der Waals surface area (Å²) < 4.78 is 5.59. The van der Waals surface area contributed by atoms with Gasteiger partial charge in [0.25, 0.3) is 5.91 Å². The number of anilines is 1. The second-order valence-electron chi connectivity index (χ2n) is 5.17. The molecule has 0 heterocycles. The largest absolute Gasteiger partial charge is 0.481 e. The number of hydrogen-bond acceptors (Lipinski definition) is 3. The first-order valence-corrected chi connectivity index (χ1v) is 8.22. The molecule has 24 heavy (non-hydrogen) atoms. The van der Waals surface area contributed by atoms with E-state index >= 15 is 0 Å². The first-order chi connectivity index (χ1) is 11.4. The maximum Gasteiger partial charge on any atom is 0.265 e. The minimum Gasteiger partial charge on any atom is -0.481 e. The van der Waals surface area contributed by atoms with Gasteiger partial charge in [-0.3, -0.25) is 9.59 Å². The molecule has 1 amide bonds. The molecule has 2 rings (SSSR count).